The molecule has 2 heterocycles. The van der Waals surface area contributed by atoms with Crippen LogP contribution in [0.15, 0.2) is 12.5 Å². The maximum atomic E-state index is 12.9. The van der Waals surface area contributed by atoms with Gasteiger partial charge in [0.15, 0.2) is 0 Å². The molecule has 2 atom stereocenters. The van der Waals surface area contributed by atoms with E-state index in [1.807, 2.05) is 27.1 Å². The number of carbonyl (C=O) groups is 2. The van der Waals surface area contributed by atoms with Crippen LogP contribution in [0.25, 0.3) is 0 Å². The number of hydrogen-bond donors (Lipinski definition) is 0. The molecule has 0 bridgehead atoms. The molecular formula is C22H35N3O3. The molecule has 156 valence electrons. The number of likely N-dealkylation sites (tertiary alicyclic amines) is 1. The maximum Gasteiger partial charge on any atom is 0.417 e. The van der Waals surface area contributed by atoms with Crippen LogP contribution in [0.2, 0.25) is 0 Å². The standard InChI is InChI=1S/C22H35N3O3/c1-15-6-8-19(9-7-15)24-13-18(23-14-24)11-17-10-16(2)12-25(20(17)26)21(27)28-22(3,4)5/h13-17,19H,6-12H2,1-5H3/t15-,16-,17?,19-/m0/s1. The topological polar surface area (TPSA) is 64.4 Å². The Balaban J connectivity index is 1.65. The van der Waals surface area contributed by atoms with Crippen molar-refractivity contribution in [3.8, 4) is 0 Å². The minimum absolute atomic E-state index is 0.131. The van der Waals surface area contributed by atoms with Crippen molar-refractivity contribution in [1.29, 1.82) is 0 Å². The average molecular weight is 390 g/mol. The van der Waals surface area contributed by atoms with Gasteiger partial charge in [0, 0.05) is 31.1 Å². The molecule has 6 nitrogen and oxygen atoms in total. The van der Waals surface area contributed by atoms with Crippen molar-refractivity contribution in [2.24, 2.45) is 17.8 Å². The normalized spacial score (nSPS) is 29.0. The summed E-state index contributed by atoms with van der Waals surface area (Å²) < 4.78 is 7.66. The molecule has 1 aromatic heterocycles. The van der Waals surface area contributed by atoms with Crippen LogP contribution in [0.4, 0.5) is 4.79 Å². The Morgan fingerprint density at radius 2 is 1.86 bits per heavy atom. The zero-order valence-electron chi connectivity index (χ0n) is 18.0. The molecule has 0 spiro atoms. The monoisotopic (exact) mass is 389 g/mol. The Bertz CT molecular complexity index is 698. The van der Waals surface area contributed by atoms with Gasteiger partial charge in [-0.15, -0.1) is 0 Å². The molecular weight excluding hydrogens is 354 g/mol. The summed E-state index contributed by atoms with van der Waals surface area (Å²) in [5.74, 6) is 0.732. The minimum Gasteiger partial charge on any atom is -0.443 e. The van der Waals surface area contributed by atoms with Crippen molar-refractivity contribution in [1.82, 2.24) is 14.5 Å². The highest BCUT2D eigenvalue weighted by Crippen LogP contribution is 2.32. The highest BCUT2D eigenvalue weighted by molar-refractivity contribution is 5.94. The first-order chi connectivity index (χ1) is 13.1. The number of amides is 2. The van der Waals surface area contributed by atoms with E-state index < -0.39 is 11.7 Å². The number of aromatic nitrogens is 2. The van der Waals surface area contributed by atoms with Crippen LogP contribution in [0.1, 0.15) is 78.5 Å². The zero-order valence-corrected chi connectivity index (χ0v) is 18.0. The van der Waals surface area contributed by atoms with E-state index in [9.17, 15) is 9.59 Å². The molecule has 1 aliphatic carbocycles. The minimum atomic E-state index is -0.607. The molecule has 1 aliphatic heterocycles. The van der Waals surface area contributed by atoms with Gasteiger partial charge >= 0.3 is 6.09 Å². The number of rotatable bonds is 3. The first-order valence-corrected chi connectivity index (χ1v) is 10.7. The SMILES string of the molecule is C[C@H]1CC(Cc2cn([C@H]3CC[C@H](C)CC3)cn2)C(=O)N(C(=O)OC(C)(C)C)C1. The van der Waals surface area contributed by atoms with E-state index in [0.717, 1.165) is 18.0 Å². The fourth-order valence-electron chi connectivity index (χ4n) is 4.41. The molecule has 3 rings (SSSR count). The fourth-order valence-corrected chi connectivity index (χ4v) is 4.41. The van der Waals surface area contributed by atoms with Gasteiger partial charge in [-0.1, -0.05) is 13.8 Å². The van der Waals surface area contributed by atoms with Gasteiger partial charge in [0.2, 0.25) is 5.91 Å². The average Bonchev–Trinajstić information content (AvgIpc) is 3.05. The summed E-state index contributed by atoms with van der Waals surface area (Å²) in [4.78, 5) is 31.3. The predicted molar refractivity (Wildman–Crippen MR) is 108 cm³/mol. The Morgan fingerprint density at radius 3 is 2.50 bits per heavy atom. The molecule has 1 aromatic rings. The van der Waals surface area contributed by atoms with Gasteiger partial charge in [-0.2, -0.15) is 0 Å². The summed E-state index contributed by atoms with van der Waals surface area (Å²) in [6.45, 7) is 10.3. The number of carbonyl (C=O) groups excluding carboxylic acids is 2. The van der Waals surface area contributed by atoms with E-state index in [1.165, 1.54) is 30.6 Å². The van der Waals surface area contributed by atoms with E-state index in [2.05, 4.69) is 29.6 Å². The Morgan fingerprint density at radius 1 is 1.18 bits per heavy atom. The van der Waals surface area contributed by atoms with Gasteiger partial charge in [-0.3, -0.25) is 4.79 Å². The van der Waals surface area contributed by atoms with Crippen LogP contribution in [0.5, 0.6) is 0 Å². The molecule has 2 amide bonds. The number of ether oxygens (including phenoxy) is 1. The lowest BCUT2D eigenvalue weighted by Gasteiger charge is -2.35. The van der Waals surface area contributed by atoms with Gasteiger partial charge in [0.1, 0.15) is 5.60 Å². The second-order valence-electron chi connectivity index (χ2n) is 9.90. The zero-order chi connectivity index (χ0) is 20.5. The summed E-state index contributed by atoms with van der Waals surface area (Å²) in [5, 5.41) is 0. The lowest BCUT2D eigenvalue weighted by Crippen LogP contribution is -2.50. The number of imidazole rings is 1. The van der Waals surface area contributed by atoms with E-state index in [0.29, 0.717) is 19.0 Å². The van der Waals surface area contributed by atoms with Crippen molar-refractivity contribution in [2.75, 3.05) is 6.54 Å². The molecule has 1 unspecified atom stereocenters. The smallest absolute Gasteiger partial charge is 0.417 e. The summed E-state index contributed by atoms with van der Waals surface area (Å²) in [6.07, 6.45) is 9.78. The second kappa shape index (κ2) is 8.26. The van der Waals surface area contributed by atoms with E-state index >= 15 is 0 Å². The van der Waals surface area contributed by atoms with Crippen molar-refractivity contribution in [3.63, 3.8) is 0 Å². The lowest BCUT2D eigenvalue weighted by molar-refractivity contribution is -0.138. The van der Waals surface area contributed by atoms with Crippen LogP contribution >= 0.6 is 0 Å². The third-order valence-electron chi connectivity index (χ3n) is 5.93. The molecule has 1 saturated carbocycles. The van der Waals surface area contributed by atoms with E-state index in [4.69, 9.17) is 4.74 Å². The number of imide groups is 1. The van der Waals surface area contributed by atoms with E-state index in [1.54, 1.807) is 0 Å². The van der Waals surface area contributed by atoms with Crippen LogP contribution in [0.3, 0.4) is 0 Å². The van der Waals surface area contributed by atoms with Crippen LogP contribution in [-0.4, -0.2) is 38.6 Å². The van der Waals surface area contributed by atoms with Gasteiger partial charge in [0.25, 0.3) is 0 Å². The van der Waals surface area contributed by atoms with Gasteiger partial charge in [-0.05, 0) is 64.7 Å². The molecule has 0 N–H and O–H groups in total. The number of nitrogens with zero attached hydrogens (tertiary/aromatic N) is 3. The van der Waals surface area contributed by atoms with E-state index in [-0.39, 0.29) is 17.7 Å². The van der Waals surface area contributed by atoms with Crippen molar-refractivity contribution < 1.29 is 14.3 Å². The molecule has 2 fully saturated rings. The third kappa shape index (κ3) is 5.15. The van der Waals surface area contributed by atoms with Crippen molar-refractivity contribution in [2.45, 2.75) is 84.8 Å². The first-order valence-electron chi connectivity index (χ1n) is 10.7. The lowest BCUT2D eigenvalue weighted by atomic mass is 9.86. The summed E-state index contributed by atoms with van der Waals surface area (Å²) >= 11 is 0. The Labute approximate surface area is 168 Å². The largest absolute Gasteiger partial charge is 0.443 e. The summed E-state index contributed by atoms with van der Waals surface area (Å²) in [5.41, 5.74) is 0.333. The first kappa shape index (κ1) is 20.9. The molecule has 6 heteroatoms. The Kier molecular flexibility index (Phi) is 6.15. The van der Waals surface area contributed by atoms with Crippen LogP contribution in [0, 0.1) is 17.8 Å². The summed E-state index contributed by atoms with van der Waals surface area (Å²) in [7, 11) is 0. The fraction of sp³-hybridized carbons (Fsp3) is 0.773. The van der Waals surface area contributed by atoms with Gasteiger partial charge in [0.05, 0.1) is 12.0 Å². The highest BCUT2D eigenvalue weighted by atomic mass is 16.6. The quantitative estimate of drug-likeness (QED) is 0.758. The van der Waals surface area contributed by atoms with Crippen molar-refractivity contribution >= 4 is 12.0 Å². The molecule has 0 radical (unpaired) electrons. The summed E-state index contributed by atoms with van der Waals surface area (Å²) in [6, 6.07) is 0.525. The second-order valence-corrected chi connectivity index (χ2v) is 9.90. The maximum absolute atomic E-state index is 12.9. The van der Waals surface area contributed by atoms with Gasteiger partial charge in [-0.25, -0.2) is 14.7 Å². The number of piperidine rings is 1. The van der Waals surface area contributed by atoms with Gasteiger partial charge < -0.3 is 9.30 Å². The highest BCUT2D eigenvalue weighted by Gasteiger charge is 2.38. The molecule has 1 saturated heterocycles. The predicted octanol–water partition coefficient (Wildman–Crippen LogP) is 4.60. The Hall–Kier alpha value is -1.85. The third-order valence-corrected chi connectivity index (χ3v) is 5.93. The van der Waals surface area contributed by atoms with Crippen LogP contribution < -0.4 is 0 Å². The number of hydrogen-bond acceptors (Lipinski definition) is 4. The van der Waals surface area contributed by atoms with Crippen LogP contribution in [-0.2, 0) is 16.0 Å². The van der Waals surface area contributed by atoms with Crippen molar-refractivity contribution in [3.05, 3.63) is 18.2 Å². The molecule has 0 aromatic carbocycles. The molecule has 2 aliphatic rings. The molecule has 28 heavy (non-hydrogen) atoms.